The number of nitrogens with zero attached hydrogens (tertiary/aromatic N) is 1. The lowest BCUT2D eigenvalue weighted by atomic mass is 10.1. The van der Waals surface area contributed by atoms with Crippen molar-refractivity contribution in [3.05, 3.63) is 29.8 Å². The van der Waals surface area contributed by atoms with Crippen molar-refractivity contribution in [3.8, 4) is 5.75 Å². The minimum atomic E-state index is 0.387. The average Bonchev–Trinajstić information content (AvgIpc) is 3.00. The van der Waals surface area contributed by atoms with Gasteiger partial charge in [-0.3, -0.25) is 0 Å². The van der Waals surface area contributed by atoms with Gasteiger partial charge in [-0.15, -0.1) is 0 Å². The Kier molecular flexibility index (Phi) is 2.96. The molecule has 2 nitrogen and oxygen atoms in total. The molecule has 1 aromatic carbocycles. The van der Waals surface area contributed by atoms with Crippen molar-refractivity contribution in [2.75, 3.05) is 13.1 Å². The van der Waals surface area contributed by atoms with Gasteiger partial charge < -0.3 is 10.0 Å². The first-order valence-electron chi connectivity index (χ1n) is 5.79. The maximum atomic E-state index is 9.42. The maximum absolute atomic E-state index is 9.42. The second kappa shape index (κ2) is 4.23. The number of aromatic hydroxyl groups is 1. The number of phenols is 1. The number of hydrogen-bond donors (Lipinski definition) is 1. The molecule has 0 spiro atoms. The predicted molar refractivity (Wildman–Crippen MR) is 62.2 cm³/mol. The molecule has 1 saturated carbocycles. The standard InChI is InChI=1S/C13H19NO/c1-3-14(4-2)13-9-12(13)10-6-5-7-11(15)8-10/h5-8,12-13,15H,3-4,9H2,1-2H3. The normalized spacial score (nSPS) is 24.5. The summed E-state index contributed by atoms with van der Waals surface area (Å²) in [5.74, 6) is 1.02. The van der Waals surface area contributed by atoms with Gasteiger partial charge in [-0.2, -0.15) is 0 Å². The molecule has 2 rings (SSSR count). The summed E-state index contributed by atoms with van der Waals surface area (Å²) in [6.45, 7) is 6.66. The van der Waals surface area contributed by atoms with Gasteiger partial charge in [-0.1, -0.05) is 26.0 Å². The lowest BCUT2D eigenvalue weighted by Gasteiger charge is -2.18. The Morgan fingerprint density at radius 1 is 1.33 bits per heavy atom. The Morgan fingerprint density at radius 2 is 2.07 bits per heavy atom. The number of hydrogen-bond acceptors (Lipinski definition) is 2. The molecule has 1 fully saturated rings. The minimum Gasteiger partial charge on any atom is -0.508 e. The van der Waals surface area contributed by atoms with Crippen LogP contribution in [-0.4, -0.2) is 29.1 Å². The molecule has 0 saturated heterocycles. The van der Waals surface area contributed by atoms with E-state index in [0.29, 0.717) is 17.7 Å². The molecule has 1 aliphatic rings. The monoisotopic (exact) mass is 205 g/mol. The highest BCUT2D eigenvalue weighted by molar-refractivity contribution is 5.34. The zero-order valence-corrected chi connectivity index (χ0v) is 9.48. The van der Waals surface area contributed by atoms with E-state index >= 15 is 0 Å². The predicted octanol–water partition coefficient (Wildman–Crippen LogP) is 2.59. The van der Waals surface area contributed by atoms with E-state index in [4.69, 9.17) is 0 Å². The highest BCUT2D eigenvalue weighted by Gasteiger charge is 2.41. The summed E-state index contributed by atoms with van der Waals surface area (Å²) in [6, 6.07) is 8.38. The van der Waals surface area contributed by atoms with E-state index in [2.05, 4.69) is 24.8 Å². The van der Waals surface area contributed by atoms with E-state index < -0.39 is 0 Å². The van der Waals surface area contributed by atoms with Crippen LogP contribution in [0.15, 0.2) is 24.3 Å². The molecule has 0 aliphatic heterocycles. The Balaban J connectivity index is 2.04. The molecule has 2 unspecified atom stereocenters. The Bertz CT molecular complexity index is 333. The van der Waals surface area contributed by atoms with Gasteiger partial charge in [0.15, 0.2) is 0 Å². The largest absolute Gasteiger partial charge is 0.508 e. The van der Waals surface area contributed by atoms with Crippen LogP contribution in [0.25, 0.3) is 0 Å². The topological polar surface area (TPSA) is 23.5 Å². The van der Waals surface area contributed by atoms with Crippen LogP contribution in [0.3, 0.4) is 0 Å². The molecule has 82 valence electrons. The number of benzene rings is 1. The zero-order valence-electron chi connectivity index (χ0n) is 9.48. The first kappa shape index (κ1) is 10.5. The van der Waals surface area contributed by atoms with Crippen molar-refractivity contribution in [2.24, 2.45) is 0 Å². The molecule has 0 aromatic heterocycles. The summed E-state index contributed by atoms with van der Waals surface area (Å²) in [4.78, 5) is 2.49. The molecule has 0 radical (unpaired) electrons. The lowest BCUT2D eigenvalue weighted by Crippen LogP contribution is -2.26. The van der Waals surface area contributed by atoms with Crippen molar-refractivity contribution in [3.63, 3.8) is 0 Å². The molecule has 1 N–H and O–H groups in total. The molecule has 0 amide bonds. The molecule has 0 heterocycles. The molecule has 1 aromatic rings. The van der Waals surface area contributed by atoms with E-state index in [-0.39, 0.29) is 0 Å². The molecule has 1 aliphatic carbocycles. The molecule has 0 bridgehead atoms. The summed E-state index contributed by atoms with van der Waals surface area (Å²) in [5, 5.41) is 9.42. The van der Waals surface area contributed by atoms with E-state index in [1.807, 2.05) is 12.1 Å². The van der Waals surface area contributed by atoms with Crippen LogP contribution >= 0.6 is 0 Å². The van der Waals surface area contributed by atoms with Crippen LogP contribution in [0.2, 0.25) is 0 Å². The first-order chi connectivity index (χ1) is 7.26. The fourth-order valence-electron chi connectivity index (χ4n) is 2.39. The third kappa shape index (κ3) is 2.15. The summed E-state index contributed by atoms with van der Waals surface area (Å²) in [6.07, 6.45) is 1.24. The van der Waals surface area contributed by atoms with Crippen LogP contribution in [0.5, 0.6) is 5.75 Å². The zero-order chi connectivity index (χ0) is 10.8. The van der Waals surface area contributed by atoms with Gasteiger partial charge in [-0.05, 0) is 37.2 Å². The smallest absolute Gasteiger partial charge is 0.115 e. The number of phenolic OH excluding ortho intramolecular Hbond substituents is 1. The van der Waals surface area contributed by atoms with Crippen LogP contribution in [0.4, 0.5) is 0 Å². The highest BCUT2D eigenvalue weighted by Crippen LogP contribution is 2.45. The van der Waals surface area contributed by atoms with Gasteiger partial charge in [0.25, 0.3) is 0 Å². The summed E-state index contributed by atoms with van der Waals surface area (Å²) < 4.78 is 0. The number of likely N-dealkylation sites (N-methyl/N-ethyl adjacent to an activating group) is 1. The molecule has 2 atom stereocenters. The van der Waals surface area contributed by atoms with Crippen LogP contribution in [-0.2, 0) is 0 Å². The summed E-state index contributed by atoms with van der Waals surface area (Å²) in [7, 11) is 0. The maximum Gasteiger partial charge on any atom is 0.115 e. The second-order valence-electron chi connectivity index (χ2n) is 4.23. The molecule has 2 heteroatoms. The fraction of sp³-hybridized carbons (Fsp3) is 0.538. The van der Waals surface area contributed by atoms with Crippen molar-refractivity contribution in [1.82, 2.24) is 4.90 Å². The Morgan fingerprint density at radius 3 is 2.67 bits per heavy atom. The summed E-state index contributed by atoms with van der Waals surface area (Å²) >= 11 is 0. The molecular weight excluding hydrogens is 186 g/mol. The van der Waals surface area contributed by atoms with Crippen LogP contribution in [0.1, 0.15) is 31.7 Å². The van der Waals surface area contributed by atoms with E-state index in [1.54, 1.807) is 6.07 Å². The SMILES string of the molecule is CCN(CC)C1CC1c1cccc(O)c1. The van der Waals surface area contributed by atoms with Gasteiger partial charge in [0.2, 0.25) is 0 Å². The Hall–Kier alpha value is -1.02. The highest BCUT2D eigenvalue weighted by atomic mass is 16.3. The number of rotatable bonds is 4. The van der Waals surface area contributed by atoms with E-state index in [1.165, 1.54) is 12.0 Å². The van der Waals surface area contributed by atoms with Gasteiger partial charge in [0.05, 0.1) is 0 Å². The van der Waals surface area contributed by atoms with Gasteiger partial charge in [-0.25, -0.2) is 0 Å². The third-order valence-electron chi connectivity index (χ3n) is 3.34. The van der Waals surface area contributed by atoms with Gasteiger partial charge in [0.1, 0.15) is 5.75 Å². The van der Waals surface area contributed by atoms with Crippen LogP contribution in [0, 0.1) is 0 Å². The first-order valence-corrected chi connectivity index (χ1v) is 5.79. The minimum absolute atomic E-state index is 0.387. The van der Waals surface area contributed by atoms with E-state index in [9.17, 15) is 5.11 Å². The quantitative estimate of drug-likeness (QED) is 0.816. The molecular formula is C13H19NO. The second-order valence-corrected chi connectivity index (χ2v) is 4.23. The van der Waals surface area contributed by atoms with E-state index in [0.717, 1.165) is 13.1 Å². The summed E-state index contributed by atoms with van der Waals surface area (Å²) in [5.41, 5.74) is 1.28. The Labute approximate surface area is 91.5 Å². The van der Waals surface area contributed by atoms with Crippen molar-refractivity contribution in [2.45, 2.75) is 32.2 Å². The molecule has 15 heavy (non-hydrogen) atoms. The van der Waals surface area contributed by atoms with Crippen molar-refractivity contribution >= 4 is 0 Å². The van der Waals surface area contributed by atoms with Crippen molar-refractivity contribution < 1.29 is 5.11 Å². The van der Waals surface area contributed by atoms with Gasteiger partial charge in [0, 0.05) is 12.0 Å². The third-order valence-corrected chi connectivity index (χ3v) is 3.34. The van der Waals surface area contributed by atoms with Gasteiger partial charge >= 0.3 is 0 Å². The van der Waals surface area contributed by atoms with Crippen LogP contribution < -0.4 is 0 Å². The lowest BCUT2D eigenvalue weighted by molar-refractivity contribution is 0.288. The fourth-order valence-corrected chi connectivity index (χ4v) is 2.39. The van der Waals surface area contributed by atoms with Crippen molar-refractivity contribution in [1.29, 1.82) is 0 Å². The average molecular weight is 205 g/mol.